The Labute approximate surface area is 112 Å². The van der Waals surface area contributed by atoms with Crippen LogP contribution in [0.15, 0.2) is 0 Å². The van der Waals surface area contributed by atoms with Gasteiger partial charge in [-0.05, 0) is 33.7 Å². The van der Waals surface area contributed by atoms with Crippen molar-refractivity contribution in [3.05, 3.63) is 0 Å². The molecule has 0 spiro atoms. The number of carbonyl (C=O) groups is 1. The van der Waals surface area contributed by atoms with Gasteiger partial charge in [-0.15, -0.1) is 0 Å². The Bertz CT molecular complexity index is 220. The van der Waals surface area contributed by atoms with E-state index in [4.69, 9.17) is 0 Å². The quantitative estimate of drug-likeness (QED) is 0.587. The van der Waals surface area contributed by atoms with Crippen molar-refractivity contribution in [2.24, 2.45) is 0 Å². The van der Waals surface area contributed by atoms with Gasteiger partial charge in [-0.3, -0.25) is 9.69 Å². The minimum atomic E-state index is -0.302. The average Bonchev–Trinajstić information content (AvgIpc) is 2.26. The van der Waals surface area contributed by atoms with Gasteiger partial charge in [0, 0.05) is 12.6 Å². The van der Waals surface area contributed by atoms with Gasteiger partial charge in [0.1, 0.15) is 0 Å². The minimum absolute atomic E-state index is 0.0760. The fourth-order valence-electron chi connectivity index (χ4n) is 1.82. The predicted molar refractivity (Wildman–Crippen MR) is 75.5 cm³/mol. The molecule has 0 aliphatic carbocycles. The van der Waals surface area contributed by atoms with Gasteiger partial charge in [-0.25, -0.2) is 0 Å². The van der Waals surface area contributed by atoms with Crippen LogP contribution in [-0.4, -0.2) is 48.2 Å². The summed E-state index contributed by atoms with van der Waals surface area (Å²) in [5, 5.41) is 12.2. The SMILES string of the molecule is CCCCCC(C)NC(=O)CN(C)CCC(C)O. The van der Waals surface area contributed by atoms with Crippen molar-refractivity contribution in [3.8, 4) is 0 Å². The third kappa shape index (κ3) is 10.5. The van der Waals surface area contributed by atoms with Crippen LogP contribution < -0.4 is 5.32 Å². The Balaban J connectivity index is 3.68. The smallest absolute Gasteiger partial charge is 0.234 e. The molecule has 4 heteroatoms. The number of nitrogens with one attached hydrogen (secondary N) is 1. The van der Waals surface area contributed by atoms with Crippen LogP contribution in [0.2, 0.25) is 0 Å². The molecule has 0 aromatic carbocycles. The highest BCUT2D eigenvalue weighted by molar-refractivity contribution is 5.78. The van der Waals surface area contributed by atoms with Gasteiger partial charge in [0.05, 0.1) is 12.6 Å². The van der Waals surface area contributed by atoms with Gasteiger partial charge in [-0.2, -0.15) is 0 Å². The summed E-state index contributed by atoms with van der Waals surface area (Å²) in [5.41, 5.74) is 0. The van der Waals surface area contributed by atoms with Crippen LogP contribution in [0.25, 0.3) is 0 Å². The largest absolute Gasteiger partial charge is 0.393 e. The third-order valence-electron chi connectivity index (χ3n) is 2.99. The zero-order valence-electron chi connectivity index (χ0n) is 12.4. The first-order chi connectivity index (χ1) is 8.45. The highest BCUT2D eigenvalue weighted by atomic mass is 16.3. The van der Waals surface area contributed by atoms with Crippen molar-refractivity contribution in [3.63, 3.8) is 0 Å². The normalized spacial score (nSPS) is 14.6. The van der Waals surface area contributed by atoms with Crippen LogP contribution in [0, 0.1) is 0 Å². The van der Waals surface area contributed by atoms with Crippen molar-refractivity contribution in [1.82, 2.24) is 10.2 Å². The minimum Gasteiger partial charge on any atom is -0.393 e. The molecule has 0 aromatic rings. The number of unbranched alkanes of at least 4 members (excludes halogenated alkanes) is 2. The Kier molecular flexibility index (Phi) is 9.98. The summed E-state index contributed by atoms with van der Waals surface area (Å²) in [6, 6.07) is 0.259. The number of likely N-dealkylation sites (N-methyl/N-ethyl adjacent to an activating group) is 1. The molecule has 1 amide bonds. The molecule has 0 fully saturated rings. The van der Waals surface area contributed by atoms with Crippen LogP contribution in [0.4, 0.5) is 0 Å². The maximum Gasteiger partial charge on any atom is 0.234 e. The van der Waals surface area contributed by atoms with Crippen molar-refractivity contribution in [1.29, 1.82) is 0 Å². The maximum atomic E-state index is 11.7. The second-order valence-corrected chi connectivity index (χ2v) is 5.34. The summed E-state index contributed by atoms with van der Waals surface area (Å²) in [6.07, 6.45) is 5.07. The molecule has 4 nitrogen and oxygen atoms in total. The lowest BCUT2D eigenvalue weighted by molar-refractivity contribution is -0.122. The first kappa shape index (κ1) is 17.4. The molecule has 0 saturated heterocycles. The summed E-state index contributed by atoms with van der Waals surface area (Å²) >= 11 is 0. The molecule has 0 radical (unpaired) electrons. The number of nitrogens with zero attached hydrogens (tertiary/aromatic N) is 1. The number of carbonyl (C=O) groups excluding carboxylic acids is 1. The molecular weight excluding hydrogens is 228 g/mol. The number of hydrogen-bond donors (Lipinski definition) is 2. The number of amides is 1. The van der Waals surface area contributed by atoms with Gasteiger partial charge in [0.2, 0.25) is 5.91 Å². The van der Waals surface area contributed by atoms with E-state index in [1.807, 2.05) is 11.9 Å². The fraction of sp³-hybridized carbons (Fsp3) is 0.929. The van der Waals surface area contributed by atoms with Gasteiger partial charge < -0.3 is 10.4 Å². The van der Waals surface area contributed by atoms with E-state index < -0.39 is 0 Å². The van der Waals surface area contributed by atoms with E-state index in [0.717, 1.165) is 13.0 Å². The van der Waals surface area contributed by atoms with Crippen LogP contribution in [0.5, 0.6) is 0 Å². The van der Waals surface area contributed by atoms with Crippen LogP contribution in [-0.2, 0) is 4.79 Å². The van der Waals surface area contributed by atoms with Crippen LogP contribution >= 0.6 is 0 Å². The Morgan fingerprint density at radius 1 is 1.28 bits per heavy atom. The van der Waals surface area contributed by atoms with Gasteiger partial charge >= 0.3 is 0 Å². The number of aliphatic hydroxyl groups is 1. The van der Waals surface area contributed by atoms with Gasteiger partial charge in [0.25, 0.3) is 0 Å². The first-order valence-electron chi connectivity index (χ1n) is 7.11. The molecule has 0 aliphatic rings. The lowest BCUT2D eigenvalue weighted by atomic mass is 10.1. The topological polar surface area (TPSA) is 52.6 Å². The molecular formula is C14H30N2O2. The summed E-state index contributed by atoms with van der Waals surface area (Å²) in [6.45, 7) is 7.16. The average molecular weight is 258 g/mol. The van der Waals surface area contributed by atoms with E-state index in [9.17, 15) is 9.90 Å². The highest BCUT2D eigenvalue weighted by Crippen LogP contribution is 2.02. The summed E-state index contributed by atoms with van der Waals surface area (Å²) in [5.74, 6) is 0.0760. The number of hydrogen-bond acceptors (Lipinski definition) is 3. The van der Waals surface area contributed by atoms with Crippen molar-refractivity contribution >= 4 is 5.91 Å². The molecule has 2 unspecified atom stereocenters. The lowest BCUT2D eigenvalue weighted by Gasteiger charge is -2.19. The van der Waals surface area contributed by atoms with Crippen molar-refractivity contribution < 1.29 is 9.90 Å². The second kappa shape index (κ2) is 10.3. The first-order valence-corrected chi connectivity index (χ1v) is 7.11. The molecule has 108 valence electrons. The molecule has 0 heterocycles. The van der Waals surface area contributed by atoms with Gasteiger partial charge in [0.15, 0.2) is 0 Å². The molecule has 0 aromatic heterocycles. The number of rotatable bonds is 10. The summed E-state index contributed by atoms with van der Waals surface area (Å²) < 4.78 is 0. The van der Waals surface area contributed by atoms with Crippen molar-refractivity contribution in [2.45, 2.75) is 65.0 Å². The summed E-state index contributed by atoms with van der Waals surface area (Å²) in [7, 11) is 1.91. The second-order valence-electron chi connectivity index (χ2n) is 5.34. The maximum absolute atomic E-state index is 11.7. The van der Waals surface area contributed by atoms with E-state index in [-0.39, 0.29) is 18.1 Å². The number of aliphatic hydroxyl groups excluding tert-OH is 1. The molecule has 0 aliphatic heterocycles. The zero-order chi connectivity index (χ0) is 14.0. The molecule has 0 saturated carbocycles. The predicted octanol–water partition coefficient (Wildman–Crippen LogP) is 1.77. The highest BCUT2D eigenvalue weighted by Gasteiger charge is 2.10. The molecule has 18 heavy (non-hydrogen) atoms. The Morgan fingerprint density at radius 3 is 2.50 bits per heavy atom. The van der Waals surface area contributed by atoms with E-state index in [0.29, 0.717) is 13.0 Å². The van der Waals surface area contributed by atoms with E-state index in [1.165, 1.54) is 19.3 Å². The van der Waals surface area contributed by atoms with E-state index in [1.54, 1.807) is 6.92 Å². The molecule has 2 N–H and O–H groups in total. The summed E-state index contributed by atoms with van der Waals surface area (Å²) in [4.78, 5) is 13.7. The molecule has 2 atom stereocenters. The zero-order valence-corrected chi connectivity index (χ0v) is 12.4. The van der Waals surface area contributed by atoms with Crippen LogP contribution in [0.3, 0.4) is 0 Å². The van der Waals surface area contributed by atoms with E-state index >= 15 is 0 Å². The fourth-order valence-corrected chi connectivity index (χ4v) is 1.82. The Morgan fingerprint density at radius 2 is 1.94 bits per heavy atom. The lowest BCUT2D eigenvalue weighted by Crippen LogP contribution is -2.40. The van der Waals surface area contributed by atoms with Crippen molar-refractivity contribution in [2.75, 3.05) is 20.1 Å². The standard InChI is InChI=1S/C14H30N2O2/c1-5-6-7-8-12(2)15-14(18)11-16(4)10-9-13(3)17/h12-13,17H,5-11H2,1-4H3,(H,15,18). The van der Waals surface area contributed by atoms with Gasteiger partial charge in [-0.1, -0.05) is 26.2 Å². The third-order valence-corrected chi connectivity index (χ3v) is 2.99. The molecule has 0 rings (SSSR count). The monoisotopic (exact) mass is 258 g/mol. The van der Waals surface area contributed by atoms with E-state index in [2.05, 4.69) is 19.2 Å². The van der Waals surface area contributed by atoms with Crippen LogP contribution in [0.1, 0.15) is 52.9 Å². The molecule has 0 bridgehead atoms. The Hall–Kier alpha value is -0.610.